The van der Waals surface area contributed by atoms with Gasteiger partial charge in [0.15, 0.2) is 6.23 Å². The fourth-order valence-corrected chi connectivity index (χ4v) is 3.50. The molecule has 4 rings (SSSR count). The van der Waals surface area contributed by atoms with Crippen LogP contribution in [0.15, 0.2) is 36.5 Å². The molecule has 2 aromatic rings. The van der Waals surface area contributed by atoms with E-state index >= 15 is 0 Å². The maximum atomic E-state index is 6.00. The Morgan fingerprint density at radius 1 is 1.22 bits per heavy atom. The molecule has 2 aliphatic rings. The highest BCUT2D eigenvalue weighted by Gasteiger charge is 2.43. The van der Waals surface area contributed by atoms with Crippen LogP contribution < -0.4 is 5.32 Å². The third-order valence-electron chi connectivity index (χ3n) is 4.94. The molecule has 122 valence electrons. The van der Waals surface area contributed by atoms with Crippen LogP contribution in [0.5, 0.6) is 0 Å². The molecule has 2 fully saturated rings. The number of ether oxygens (including phenoxy) is 1. The molecular formula is C18H22ClN3O. The van der Waals surface area contributed by atoms with E-state index in [0.29, 0.717) is 0 Å². The van der Waals surface area contributed by atoms with Crippen molar-refractivity contribution in [2.24, 2.45) is 0 Å². The number of halogens is 1. The Balaban J connectivity index is 1.45. The average Bonchev–Trinajstić information content (AvgIpc) is 3.23. The maximum absolute atomic E-state index is 6.00. The predicted octanol–water partition coefficient (Wildman–Crippen LogP) is 4.01. The van der Waals surface area contributed by atoms with Crippen molar-refractivity contribution in [1.82, 2.24) is 15.1 Å². The first kappa shape index (κ1) is 15.2. The van der Waals surface area contributed by atoms with Gasteiger partial charge in [0, 0.05) is 29.9 Å². The van der Waals surface area contributed by atoms with Crippen molar-refractivity contribution in [3.63, 3.8) is 0 Å². The third-order valence-corrected chi connectivity index (χ3v) is 5.19. The van der Waals surface area contributed by atoms with E-state index in [0.717, 1.165) is 31.0 Å². The van der Waals surface area contributed by atoms with E-state index in [1.165, 1.54) is 30.5 Å². The molecule has 0 unspecified atom stereocenters. The van der Waals surface area contributed by atoms with Gasteiger partial charge in [0.25, 0.3) is 0 Å². The van der Waals surface area contributed by atoms with Crippen LogP contribution in [0.1, 0.15) is 49.6 Å². The second-order valence-corrected chi connectivity index (χ2v) is 6.97. The fourth-order valence-electron chi connectivity index (χ4n) is 3.38. The summed E-state index contributed by atoms with van der Waals surface area (Å²) in [7, 11) is 0. The lowest BCUT2D eigenvalue weighted by atomic mass is 10.0. The van der Waals surface area contributed by atoms with E-state index in [-0.39, 0.29) is 11.8 Å². The Labute approximate surface area is 141 Å². The molecule has 1 aromatic carbocycles. The molecule has 1 aliphatic heterocycles. The molecule has 0 radical (unpaired) electrons. The highest BCUT2D eigenvalue weighted by atomic mass is 35.5. The Bertz CT molecular complexity index is 657. The van der Waals surface area contributed by atoms with Crippen molar-refractivity contribution in [3.8, 4) is 0 Å². The Morgan fingerprint density at radius 3 is 2.74 bits per heavy atom. The van der Waals surface area contributed by atoms with Gasteiger partial charge in [-0.2, -0.15) is 5.10 Å². The van der Waals surface area contributed by atoms with Crippen molar-refractivity contribution < 1.29 is 4.74 Å². The van der Waals surface area contributed by atoms with Gasteiger partial charge in [-0.1, -0.05) is 23.7 Å². The minimum Gasteiger partial charge on any atom is -0.357 e. The number of hydrogen-bond acceptors (Lipinski definition) is 3. The van der Waals surface area contributed by atoms with E-state index < -0.39 is 0 Å². The normalized spacial score (nSPS) is 22.9. The number of hydrogen-bond donors (Lipinski definition) is 1. The molecule has 0 amide bonds. The van der Waals surface area contributed by atoms with Crippen molar-refractivity contribution in [3.05, 3.63) is 52.8 Å². The molecule has 1 aromatic heterocycles. The van der Waals surface area contributed by atoms with Crippen LogP contribution in [-0.2, 0) is 16.8 Å². The largest absolute Gasteiger partial charge is 0.357 e. The maximum Gasteiger partial charge on any atom is 0.150 e. The summed E-state index contributed by atoms with van der Waals surface area (Å²) in [5.74, 6) is 0. The van der Waals surface area contributed by atoms with Crippen molar-refractivity contribution in [2.75, 3.05) is 6.61 Å². The van der Waals surface area contributed by atoms with Crippen LogP contribution in [0.25, 0.3) is 0 Å². The number of nitrogens with one attached hydrogen (secondary N) is 1. The summed E-state index contributed by atoms with van der Waals surface area (Å²) in [4.78, 5) is 0. The number of aromatic nitrogens is 2. The smallest absolute Gasteiger partial charge is 0.150 e. The topological polar surface area (TPSA) is 39.1 Å². The summed E-state index contributed by atoms with van der Waals surface area (Å²) in [5, 5.41) is 9.00. The highest BCUT2D eigenvalue weighted by Crippen LogP contribution is 2.46. The lowest BCUT2D eigenvalue weighted by molar-refractivity contribution is -0.0413. The van der Waals surface area contributed by atoms with Crippen LogP contribution in [0.3, 0.4) is 0 Å². The molecule has 1 atom stereocenters. The number of nitrogens with zero attached hydrogens (tertiary/aromatic N) is 2. The van der Waals surface area contributed by atoms with Crippen molar-refractivity contribution in [1.29, 1.82) is 0 Å². The molecule has 23 heavy (non-hydrogen) atoms. The van der Waals surface area contributed by atoms with Gasteiger partial charge in [0.05, 0.1) is 5.69 Å². The van der Waals surface area contributed by atoms with Gasteiger partial charge in [-0.3, -0.25) is 0 Å². The quantitative estimate of drug-likeness (QED) is 0.899. The lowest BCUT2D eigenvalue weighted by Gasteiger charge is -2.25. The van der Waals surface area contributed by atoms with E-state index in [1.54, 1.807) is 0 Å². The molecule has 1 saturated heterocycles. The van der Waals surface area contributed by atoms with Crippen LogP contribution >= 0.6 is 11.6 Å². The van der Waals surface area contributed by atoms with E-state index in [1.807, 2.05) is 23.0 Å². The summed E-state index contributed by atoms with van der Waals surface area (Å²) >= 11 is 6.00. The second kappa shape index (κ2) is 6.27. The molecule has 5 heteroatoms. The highest BCUT2D eigenvalue weighted by molar-refractivity contribution is 6.30. The average molecular weight is 332 g/mol. The van der Waals surface area contributed by atoms with E-state index in [9.17, 15) is 0 Å². The monoisotopic (exact) mass is 331 g/mol. The summed E-state index contributed by atoms with van der Waals surface area (Å²) in [5.41, 5.74) is 2.62. The summed E-state index contributed by atoms with van der Waals surface area (Å²) in [6.45, 7) is 1.65. The van der Waals surface area contributed by atoms with Gasteiger partial charge in [0.2, 0.25) is 0 Å². The zero-order valence-corrected chi connectivity index (χ0v) is 13.9. The number of benzene rings is 1. The van der Waals surface area contributed by atoms with Crippen LogP contribution in [0.2, 0.25) is 5.02 Å². The van der Waals surface area contributed by atoms with Gasteiger partial charge >= 0.3 is 0 Å². The first-order valence-corrected chi connectivity index (χ1v) is 8.80. The Morgan fingerprint density at radius 2 is 2.04 bits per heavy atom. The third kappa shape index (κ3) is 3.16. The predicted molar refractivity (Wildman–Crippen MR) is 90.3 cm³/mol. The van der Waals surface area contributed by atoms with Crippen LogP contribution in [0, 0.1) is 0 Å². The number of rotatable bonds is 5. The SMILES string of the molecule is Clc1ccc(C2(NCc3ccnn3[C@H]3CCCCO3)CC2)cc1. The molecule has 2 heterocycles. The summed E-state index contributed by atoms with van der Waals surface area (Å²) in [6.07, 6.45) is 7.73. The molecule has 1 aliphatic carbocycles. The van der Waals surface area contributed by atoms with E-state index in [4.69, 9.17) is 16.3 Å². The lowest BCUT2D eigenvalue weighted by Crippen LogP contribution is -2.30. The second-order valence-electron chi connectivity index (χ2n) is 6.53. The van der Waals surface area contributed by atoms with Gasteiger partial charge in [-0.05, 0) is 55.9 Å². The Hall–Kier alpha value is -1.36. The van der Waals surface area contributed by atoms with Crippen molar-refractivity contribution in [2.45, 2.75) is 50.4 Å². The molecule has 4 nitrogen and oxygen atoms in total. The molecule has 1 saturated carbocycles. The Kier molecular flexibility index (Phi) is 4.14. The van der Waals surface area contributed by atoms with E-state index in [2.05, 4.69) is 28.6 Å². The molecule has 0 bridgehead atoms. The molecule has 1 N–H and O–H groups in total. The van der Waals surface area contributed by atoms with Gasteiger partial charge in [0.1, 0.15) is 0 Å². The summed E-state index contributed by atoms with van der Waals surface area (Å²) < 4.78 is 7.91. The van der Waals surface area contributed by atoms with Crippen LogP contribution in [0.4, 0.5) is 0 Å². The molecule has 0 spiro atoms. The van der Waals surface area contributed by atoms with Crippen molar-refractivity contribution >= 4 is 11.6 Å². The fraction of sp³-hybridized carbons (Fsp3) is 0.500. The van der Waals surface area contributed by atoms with Gasteiger partial charge < -0.3 is 10.1 Å². The first-order valence-electron chi connectivity index (χ1n) is 8.42. The molecular weight excluding hydrogens is 310 g/mol. The van der Waals surface area contributed by atoms with Gasteiger partial charge in [-0.15, -0.1) is 0 Å². The standard InChI is InChI=1S/C18H22ClN3O/c19-15-6-4-14(5-7-15)18(9-10-18)20-13-16-8-11-21-22(16)17-3-1-2-12-23-17/h4-8,11,17,20H,1-3,9-10,12-13H2/t17-/m1/s1. The summed E-state index contributed by atoms with van der Waals surface area (Å²) in [6, 6.07) is 10.3. The minimum atomic E-state index is 0.0984. The zero-order valence-electron chi connectivity index (χ0n) is 13.2. The minimum absolute atomic E-state index is 0.0984. The van der Waals surface area contributed by atoms with Gasteiger partial charge in [-0.25, -0.2) is 4.68 Å². The van der Waals surface area contributed by atoms with Crippen LogP contribution in [-0.4, -0.2) is 16.4 Å². The first-order chi connectivity index (χ1) is 11.3. The zero-order chi connectivity index (χ0) is 15.7.